The van der Waals surface area contributed by atoms with E-state index in [1.807, 2.05) is 0 Å². The average Bonchev–Trinajstić information content (AvgIpc) is 3.17. The Morgan fingerprint density at radius 1 is 1.36 bits per heavy atom. The summed E-state index contributed by atoms with van der Waals surface area (Å²) in [5.41, 5.74) is 0.507. The molecule has 0 unspecified atom stereocenters. The molecule has 0 radical (unpaired) electrons. The molecule has 0 saturated heterocycles. The van der Waals surface area contributed by atoms with Crippen LogP contribution in [0, 0.1) is 0 Å². The van der Waals surface area contributed by atoms with E-state index in [1.54, 1.807) is 0 Å². The van der Waals surface area contributed by atoms with E-state index in [0.717, 1.165) is 24.3 Å². The van der Waals surface area contributed by atoms with Gasteiger partial charge >= 0.3 is 0 Å². The number of carbonyl (C=O) groups is 1. The van der Waals surface area contributed by atoms with Crippen LogP contribution in [-0.4, -0.2) is 30.7 Å². The number of amides is 1. The first-order chi connectivity index (χ1) is 12.0. The Labute approximate surface area is 155 Å². The van der Waals surface area contributed by atoms with Crippen molar-refractivity contribution in [1.29, 1.82) is 0 Å². The highest BCUT2D eigenvalue weighted by atomic mass is 32.2. The molecule has 0 aromatic carbocycles. The van der Waals surface area contributed by atoms with E-state index in [-0.39, 0.29) is 11.5 Å². The summed E-state index contributed by atoms with van der Waals surface area (Å²) in [6.45, 7) is 3.54. The molecule has 0 saturated carbocycles. The second-order valence-corrected chi connectivity index (χ2v) is 8.46. The van der Waals surface area contributed by atoms with Crippen LogP contribution in [0.2, 0.25) is 0 Å². The normalized spacial score (nSPS) is 11.1. The van der Waals surface area contributed by atoms with Crippen LogP contribution in [0.5, 0.6) is 0 Å². The lowest BCUT2D eigenvalue weighted by Gasteiger charge is -1.97. The first kappa shape index (κ1) is 18.0. The van der Waals surface area contributed by atoms with Crippen molar-refractivity contribution in [3.05, 3.63) is 27.1 Å². The van der Waals surface area contributed by atoms with Crippen LogP contribution in [0.15, 0.2) is 15.2 Å². The molecule has 0 atom stereocenters. The minimum Gasteiger partial charge on any atom is -0.301 e. The number of thioether (sulfide) groups is 1. The molecule has 3 aromatic rings. The summed E-state index contributed by atoms with van der Waals surface area (Å²) < 4.78 is 2.07. The van der Waals surface area contributed by atoms with Crippen molar-refractivity contribution < 1.29 is 4.79 Å². The minimum absolute atomic E-state index is 0.171. The number of rotatable bonds is 7. The molecule has 0 bridgehead atoms. The monoisotopic (exact) mass is 396 g/mol. The van der Waals surface area contributed by atoms with Gasteiger partial charge in [-0.1, -0.05) is 47.8 Å². The van der Waals surface area contributed by atoms with Crippen molar-refractivity contribution in [3.8, 4) is 0 Å². The average molecular weight is 397 g/mol. The molecule has 132 valence electrons. The molecule has 0 spiro atoms. The van der Waals surface area contributed by atoms with Crippen LogP contribution in [0.25, 0.3) is 4.96 Å². The molecule has 11 heteroatoms. The summed E-state index contributed by atoms with van der Waals surface area (Å²) in [4.78, 5) is 28.3. The number of aryl methyl sites for hydroxylation is 1. The van der Waals surface area contributed by atoms with Crippen LogP contribution >= 0.6 is 34.4 Å². The van der Waals surface area contributed by atoms with Crippen LogP contribution < -0.4 is 10.9 Å². The maximum atomic E-state index is 12.2. The van der Waals surface area contributed by atoms with Gasteiger partial charge in [0.2, 0.25) is 16.0 Å². The summed E-state index contributed by atoms with van der Waals surface area (Å²) in [6.07, 6.45) is 3.00. The molecule has 0 fully saturated rings. The number of nitrogens with zero attached hydrogens (tertiary/aromatic N) is 5. The first-order valence-electron chi connectivity index (χ1n) is 7.67. The Balaban J connectivity index is 1.72. The highest BCUT2D eigenvalue weighted by Crippen LogP contribution is 2.27. The lowest BCUT2D eigenvalue weighted by molar-refractivity contribution is -0.114. The van der Waals surface area contributed by atoms with Crippen LogP contribution in [0.4, 0.5) is 5.13 Å². The van der Waals surface area contributed by atoms with Crippen molar-refractivity contribution in [2.75, 3.05) is 5.32 Å². The zero-order valence-corrected chi connectivity index (χ0v) is 16.1. The van der Waals surface area contributed by atoms with Crippen molar-refractivity contribution in [2.24, 2.45) is 0 Å². The molecule has 1 N–H and O–H groups in total. The highest BCUT2D eigenvalue weighted by molar-refractivity contribution is 8.00. The van der Waals surface area contributed by atoms with E-state index < -0.39 is 0 Å². The molecule has 0 aliphatic carbocycles. The molecule has 3 rings (SSSR count). The summed E-state index contributed by atoms with van der Waals surface area (Å²) >= 11 is 4.17. The highest BCUT2D eigenvalue weighted by Gasteiger charge is 2.11. The van der Waals surface area contributed by atoms with E-state index in [4.69, 9.17) is 0 Å². The standard InChI is InChI=1S/C14H16N6O2S3/c1-3-4-5-10-19-20-11(22)6-9(16-13(20)24-10)7-23-14-18-17-12(25-14)15-8(2)21/h6H,3-5,7H2,1-2H3,(H,15,17,21). The molecule has 25 heavy (non-hydrogen) atoms. The maximum absolute atomic E-state index is 12.2. The number of aromatic nitrogens is 5. The van der Waals surface area contributed by atoms with Crippen LogP contribution in [-0.2, 0) is 17.0 Å². The largest absolute Gasteiger partial charge is 0.301 e. The van der Waals surface area contributed by atoms with Gasteiger partial charge in [-0.3, -0.25) is 9.59 Å². The SMILES string of the molecule is CCCCc1nn2c(=O)cc(CSc3nnc(NC(C)=O)s3)nc2s1. The van der Waals surface area contributed by atoms with E-state index in [1.165, 1.54) is 51.9 Å². The fourth-order valence-corrected chi connectivity index (χ4v) is 4.65. The zero-order valence-electron chi connectivity index (χ0n) is 13.7. The number of nitrogens with one attached hydrogen (secondary N) is 1. The first-order valence-corrected chi connectivity index (χ1v) is 10.3. The molecular weight excluding hydrogens is 380 g/mol. The van der Waals surface area contributed by atoms with Gasteiger partial charge in [0.05, 0.1) is 5.69 Å². The molecule has 0 aliphatic rings. The van der Waals surface area contributed by atoms with Crippen molar-refractivity contribution in [1.82, 2.24) is 24.8 Å². The van der Waals surface area contributed by atoms with Gasteiger partial charge in [0, 0.05) is 25.2 Å². The van der Waals surface area contributed by atoms with Gasteiger partial charge in [-0.15, -0.1) is 10.2 Å². The predicted octanol–water partition coefficient (Wildman–Crippen LogP) is 2.60. The third-order valence-corrected chi connectivity index (χ3v) is 6.09. The van der Waals surface area contributed by atoms with Gasteiger partial charge in [0.15, 0.2) is 4.34 Å². The topological polar surface area (TPSA) is 102 Å². The van der Waals surface area contributed by atoms with Gasteiger partial charge in [-0.25, -0.2) is 4.98 Å². The molecular formula is C14H16N6O2S3. The van der Waals surface area contributed by atoms with Gasteiger partial charge < -0.3 is 5.32 Å². The second kappa shape index (κ2) is 8.02. The van der Waals surface area contributed by atoms with Crippen LogP contribution in [0.1, 0.15) is 37.4 Å². The molecule has 1 amide bonds. The summed E-state index contributed by atoms with van der Waals surface area (Å²) in [7, 11) is 0. The fraction of sp³-hybridized carbons (Fsp3) is 0.429. The number of hydrogen-bond donors (Lipinski definition) is 1. The van der Waals surface area contributed by atoms with Crippen molar-refractivity contribution >= 4 is 50.4 Å². The van der Waals surface area contributed by atoms with E-state index in [9.17, 15) is 9.59 Å². The smallest absolute Gasteiger partial charge is 0.275 e. The maximum Gasteiger partial charge on any atom is 0.275 e. The number of hydrogen-bond acceptors (Lipinski definition) is 9. The number of unbranched alkanes of at least 4 members (excludes halogenated alkanes) is 1. The molecule has 8 nitrogen and oxygen atoms in total. The number of fused-ring (bicyclic) bond motifs is 1. The van der Waals surface area contributed by atoms with E-state index in [2.05, 4.69) is 32.5 Å². The lowest BCUT2D eigenvalue weighted by Crippen LogP contribution is -2.15. The second-order valence-electron chi connectivity index (χ2n) is 5.22. The van der Waals surface area contributed by atoms with Crippen molar-refractivity contribution in [3.63, 3.8) is 0 Å². The number of carbonyl (C=O) groups excluding carboxylic acids is 1. The van der Waals surface area contributed by atoms with Crippen molar-refractivity contribution in [2.45, 2.75) is 43.2 Å². The number of anilines is 1. The Morgan fingerprint density at radius 2 is 2.20 bits per heavy atom. The van der Waals surface area contributed by atoms with E-state index >= 15 is 0 Å². The van der Waals surface area contributed by atoms with Gasteiger partial charge in [0.1, 0.15) is 5.01 Å². The molecule has 0 aliphatic heterocycles. The Hall–Kier alpha value is -1.85. The van der Waals surface area contributed by atoms with Crippen LogP contribution in [0.3, 0.4) is 0 Å². The summed E-state index contributed by atoms with van der Waals surface area (Å²) in [5.74, 6) is 0.319. The fourth-order valence-electron chi connectivity index (χ4n) is 2.00. The van der Waals surface area contributed by atoms with Gasteiger partial charge in [-0.2, -0.15) is 9.61 Å². The minimum atomic E-state index is -0.183. The Bertz CT molecular complexity index is 948. The van der Waals surface area contributed by atoms with Gasteiger partial charge in [0.25, 0.3) is 5.56 Å². The lowest BCUT2D eigenvalue weighted by atomic mass is 10.3. The van der Waals surface area contributed by atoms with Gasteiger partial charge in [-0.05, 0) is 6.42 Å². The Morgan fingerprint density at radius 3 is 2.96 bits per heavy atom. The third kappa shape index (κ3) is 4.61. The molecule has 3 heterocycles. The third-order valence-electron chi connectivity index (χ3n) is 3.12. The molecule has 3 aromatic heterocycles. The summed E-state index contributed by atoms with van der Waals surface area (Å²) in [5, 5.41) is 16.2. The Kier molecular flexibility index (Phi) is 5.76. The summed E-state index contributed by atoms with van der Waals surface area (Å²) in [6, 6.07) is 1.50. The van der Waals surface area contributed by atoms with E-state index in [0.29, 0.717) is 25.9 Å². The zero-order chi connectivity index (χ0) is 17.8. The predicted molar refractivity (Wildman–Crippen MR) is 99.5 cm³/mol. The quantitative estimate of drug-likeness (QED) is 0.484.